The average Bonchev–Trinajstić information content (AvgIpc) is 3.11. The van der Waals surface area contributed by atoms with Crippen LogP contribution in [-0.4, -0.2) is 0 Å². The van der Waals surface area contributed by atoms with E-state index in [1.807, 2.05) is 0 Å². The molecule has 0 saturated carbocycles. The van der Waals surface area contributed by atoms with Crippen LogP contribution in [0.1, 0.15) is 52.7 Å². The van der Waals surface area contributed by atoms with Gasteiger partial charge in [0.1, 0.15) is 0 Å². The lowest BCUT2D eigenvalue weighted by molar-refractivity contribution is 0.591. The monoisotopic (exact) mass is 640 g/mol. The van der Waals surface area contributed by atoms with Crippen LogP contribution in [0, 0.1) is 0 Å². The molecule has 0 saturated heterocycles. The molecule has 0 fully saturated rings. The molecule has 50 heavy (non-hydrogen) atoms. The van der Waals surface area contributed by atoms with Gasteiger partial charge in [-0.25, -0.2) is 0 Å². The first-order valence-corrected chi connectivity index (χ1v) is 18.0. The molecule has 0 heteroatoms. The highest BCUT2D eigenvalue weighted by Crippen LogP contribution is 2.43. The minimum Gasteiger partial charge on any atom is -0.0561 e. The highest BCUT2D eigenvalue weighted by atomic mass is 14.2. The van der Waals surface area contributed by atoms with Crippen LogP contribution in [0.25, 0.3) is 97.7 Å². The largest absolute Gasteiger partial charge is 0.0561 e. The molecular weight excluding hydrogens is 601 g/mol. The van der Waals surface area contributed by atoms with E-state index in [4.69, 9.17) is 0 Å². The summed E-state index contributed by atoms with van der Waals surface area (Å²) in [5.74, 6) is 0. The minimum atomic E-state index is 0.109. The molecule has 0 radical (unpaired) electrons. The van der Waals surface area contributed by atoms with Gasteiger partial charge >= 0.3 is 0 Å². The van der Waals surface area contributed by atoms with Gasteiger partial charge in [-0.15, -0.1) is 0 Å². The summed E-state index contributed by atoms with van der Waals surface area (Å²) in [6.45, 7) is 13.8. The van der Waals surface area contributed by atoms with Gasteiger partial charge in [-0.1, -0.05) is 151 Å². The normalized spacial score (nSPS) is 13.0. The molecule has 240 valence electrons. The third-order valence-electron chi connectivity index (χ3n) is 11.3. The van der Waals surface area contributed by atoms with Crippen LogP contribution >= 0.6 is 0 Å². The molecule has 0 heterocycles. The first-order chi connectivity index (χ1) is 24.0. The summed E-state index contributed by atoms with van der Waals surface area (Å²) < 4.78 is 0. The van der Waals surface area contributed by atoms with E-state index in [-0.39, 0.29) is 10.8 Å². The Morgan fingerprint density at radius 3 is 1.16 bits per heavy atom. The van der Waals surface area contributed by atoms with Crippen LogP contribution in [0.5, 0.6) is 0 Å². The Morgan fingerprint density at radius 1 is 0.280 bits per heavy atom. The second-order valence-electron chi connectivity index (χ2n) is 16.7. The Kier molecular flexibility index (Phi) is 5.92. The van der Waals surface area contributed by atoms with Crippen molar-refractivity contribution < 1.29 is 0 Å². The maximum Gasteiger partial charge on any atom is -0.00206 e. The molecule has 0 unspecified atom stereocenters. The number of hydrogen-bond acceptors (Lipinski definition) is 0. The van der Waals surface area contributed by atoms with Crippen molar-refractivity contribution in [1.29, 1.82) is 0 Å². The zero-order valence-electron chi connectivity index (χ0n) is 29.7. The zero-order chi connectivity index (χ0) is 34.1. The molecule has 10 aromatic carbocycles. The highest BCUT2D eigenvalue weighted by molar-refractivity contribution is 6.26. The van der Waals surface area contributed by atoms with Gasteiger partial charge in [-0.3, -0.25) is 0 Å². The molecule has 10 aromatic rings. The van der Waals surface area contributed by atoms with Gasteiger partial charge in [0.25, 0.3) is 0 Å². The molecule has 0 aliphatic heterocycles. The van der Waals surface area contributed by atoms with Gasteiger partial charge in [0, 0.05) is 0 Å². The fourth-order valence-corrected chi connectivity index (χ4v) is 8.53. The summed E-state index contributed by atoms with van der Waals surface area (Å²) in [4.78, 5) is 0. The quantitative estimate of drug-likeness (QED) is 0.165. The van der Waals surface area contributed by atoms with Gasteiger partial charge in [-0.05, 0) is 144 Å². The lowest BCUT2D eigenvalue weighted by Crippen LogP contribution is -2.10. The molecular formula is C50H40. The van der Waals surface area contributed by atoms with Crippen LogP contribution in [-0.2, 0) is 10.8 Å². The molecule has 0 spiro atoms. The molecule has 0 aromatic heterocycles. The van der Waals surface area contributed by atoms with Crippen LogP contribution < -0.4 is 0 Å². The van der Waals surface area contributed by atoms with Crippen molar-refractivity contribution in [3.05, 3.63) is 145 Å². The van der Waals surface area contributed by atoms with Crippen LogP contribution in [0.3, 0.4) is 0 Å². The molecule has 0 aliphatic rings. The standard InChI is InChI=1S/C50H40/c1-49(2,3)41-25-36-15-13-34-23-40(24-35-14-16-37(26-41)46(36)45(34)35)32-9-8-31-22-33(11-10-30(31)21-32)43-19-17-29-7-12-38-27-42(50(4,5)6)28-39-18-20-44(43)48(29)47(38)39/h7-28H,1-6H3. The van der Waals surface area contributed by atoms with E-state index in [9.17, 15) is 0 Å². The van der Waals surface area contributed by atoms with Crippen molar-refractivity contribution in [1.82, 2.24) is 0 Å². The fourth-order valence-electron chi connectivity index (χ4n) is 8.53. The summed E-state index contributed by atoms with van der Waals surface area (Å²) in [5.41, 5.74) is 8.06. The Morgan fingerprint density at radius 2 is 0.640 bits per heavy atom. The zero-order valence-corrected chi connectivity index (χ0v) is 29.7. The van der Waals surface area contributed by atoms with Crippen molar-refractivity contribution in [3.63, 3.8) is 0 Å². The van der Waals surface area contributed by atoms with Crippen molar-refractivity contribution in [3.8, 4) is 22.3 Å². The van der Waals surface area contributed by atoms with Crippen molar-refractivity contribution in [2.45, 2.75) is 52.4 Å². The molecule has 0 amide bonds. The molecule has 0 bridgehead atoms. The number of benzene rings is 10. The number of rotatable bonds is 2. The van der Waals surface area contributed by atoms with E-state index in [0.717, 1.165) is 0 Å². The van der Waals surface area contributed by atoms with Gasteiger partial charge < -0.3 is 0 Å². The maximum absolute atomic E-state index is 2.39. The third-order valence-corrected chi connectivity index (χ3v) is 11.3. The van der Waals surface area contributed by atoms with Gasteiger partial charge in [0.2, 0.25) is 0 Å². The van der Waals surface area contributed by atoms with Crippen molar-refractivity contribution >= 4 is 75.4 Å². The second kappa shape index (κ2) is 10.1. The molecule has 0 N–H and O–H groups in total. The van der Waals surface area contributed by atoms with Gasteiger partial charge in [0.05, 0.1) is 0 Å². The number of hydrogen-bond donors (Lipinski definition) is 0. The van der Waals surface area contributed by atoms with Gasteiger partial charge in [0.15, 0.2) is 0 Å². The Balaban J connectivity index is 1.07. The SMILES string of the molecule is CC(C)(C)c1cc2ccc3cc(-c4ccc5cc(-c6ccc7ccc8cc(C(C)(C)C)cc9ccc6c7c89)ccc5c4)cc4ccc(c1)c2c34. The predicted octanol–water partition coefficient (Wildman–Crippen LogP) is 14.6. The smallest absolute Gasteiger partial charge is 0.00206 e. The summed E-state index contributed by atoms with van der Waals surface area (Å²) in [6.07, 6.45) is 0. The lowest BCUT2D eigenvalue weighted by Gasteiger charge is -2.22. The molecule has 0 aliphatic carbocycles. The lowest BCUT2D eigenvalue weighted by atomic mass is 9.82. The molecule has 0 atom stereocenters. The number of fused-ring (bicyclic) bond motifs is 1. The van der Waals surface area contributed by atoms with Crippen molar-refractivity contribution in [2.24, 2.45) is 0 Å². The van der Waals surface area contributed by atoms with E-state index in [2.05, 4.69) is 175 Å². The van der Waals surface area contributed by atoms with E-state index in [1.165, 1.54) is 109 Å². The Labute approximate surface area is 293 Å². The summed E-state index contributed by atoms with van der Waals surface area (Å²) in [5, 5.41) is 18.6. The van der Waals surface area contributed by atoms with Crippen molar-refractivity contribution in [2.75, 3.05) is 0 Å². The summed E-state index contributed by atoms with van der Waals surface area (Å²) >= 11 is 0. The van der Waals surface area contributed by atoms with E-state index < -0.39 is 0 Å². The third kappa shape index (κ3) is 4.37. The molecule has 0 nitrogen and oxygen atoms in total. The highest BCUT2D eigenvalue weighted by Gasteiger charge is 2.20. The maximum atomic E-state index is 2.39. The Hall–Kier alpha value is -5.46. The Bertz CT molecular complexity index is 2890. The second-order valence-corrected chi connectivity index (χ2v) is 16.7. The minimum absolute atomic E-state index is 0.109. The predicted molar refractivity (Wildman–Crippen MR) is 220 cm³/mol. The first-order valence-electron chi connectivity index (χ1n) is 18.0. The molecule has 10 rings (SSSR count). The summed E-state index contributed by atoms with van der Waals surface area (Å²) in [7, 11) is 0. The fraction of sp³-hybridized carbons (Fsp3) is 0.160. The summed E-state index contributed by atoms with van der Waals surface area (Å²) in [6, 6.07) is 51.4. The van der Waals surface area contributed by atoms with E-state index in [1.54, 1.807) is 0 Å². The average molecular weight is 641 g/mol. The van der Waals surface area contributed by atoms with E-state index >= 15 is 0 Å². The van der Waals surface area contributed by atoms with Crippen LogP contribution in [0.15, 0.2) is 133 Å². The van der Waals surface area contributed by atoms with E-state index in [0.29, 0.717) is 0 Å². The van der Waals surface area contributed by atoms with Crippen LogP contribution in [0.4, 0.5) is 0 Å². The van der Waals surface area contributed by atoms with Crippen LogP contribution in [0.2, 0.25) is 0 Å². The first kappa shape index (κ1) is 29.5. The topological polar surface area (TPSA) is 0 Å². The van der Waals surface area contributed by atoms with Gasteiger partial charge in [-0.2, -0.15) is 0 Å².